The van der Waals surface area contributed by atoms with Crippen molar-refractivity contribution in [3.8, 4) is 0 Å². The SMILES string of the molecule is Cc1cccc(CS(=O)CCCCN)c1. The minimum absolute atomic E-state index is 0.673. The van der Waals surface area contributed by atoms with Gasteiger partial charge in [-0.1, -0.05) is 29.8 Å². The summed E-state index contributed by atoms with van der Waals surface area (Å²) >= 11 is 0. The van der Waals surface area contributed by atoms with Gasteiger partial charge in [-0.25, -0.2) is 0 Å². The Morgan fingerprint density at radius 1 is 1.33 bits per heavy atom. The molecule has 0 fully saturated rings. The van der Waals surface area contributed by atoms with Crippen LogP contribution < -0.4 is 5.73 Å². The fourth-order valence-corrected chi connectivity index (χ4v) is 2.69. The van der Waals surface area contributed by atoms with Gasteiger partial charge >= 0.3 is 0 Å². The highest BCUT2D eigenvalue weighted by molar-refractivity contribution is 7.84. The van der Waals surface area contributed by atoms with E-state index in [-0.39, 0.29) is 0 Å². The van der Waals surface area contributed by atoms with E-state index in [2.05, 4.69) is 19.1 Å². The van der Waals surface area contributed by atoms with Crippen LogP contribution in [0.1, 0.15) is 24.0 Å². The van der Waals surface area contributed by atoms with E-state index < -0.39 is 10.8 Å². The molecule has 0 saturated carbocycles. The number of rotatable bonds is 6. The molecule has 0 bridgehead atoms. The van der Waals surface area contributed by atoms with Crippen LogP contribution in [-0.2, 0) is 16.6 Å². The lowest BCUT2D eigenvalue weighted by Crippen LogP contribution is -2.05. The first kappa shape index (κ1) is 12.4. The first-order chi connectivity index (χ1) is 7.22. The van der Waals surface area contributed by atoms with Crippen molar-refractivity contribution in [2.24, 2.45) is 5.73 Å². The summed E-state index contributed by atoms with van der Waals surface area (Å²) in [6.45, 7) is 2.75. The van der Waals surface area contributed by atoms with Gasteiger partial charge in [-0.2, -0.15) is 0 Å². The summed E-state index contributed by atoms with van der Waals surface area (Å²) in [5.74, 6) is 1.44. The van der Waals surface area contributed by atoms with E-state index in [0.29, 0.717) is 12.3 Å². The van der Waals surface area contributed by atoms with Crippen molar-refractivity contribution in [2.75, 3.05) is 12.3 Å². The lowest BCUT2D eigenvalue weighted by molar-refractivity contribution is 0.677. The molecule has 0 aliphatic carbocycles. The van der Waals surface area contributed by atoms with Crippen LogP contribution in [0.15, 0.2) is 24.3 Å². The zero-order valence-electron chi connectivity index (χ0n) is 9.24. The number of hydrogen-bond acceptors (Lipinski definition) is 2. The highest BCUT2D eigenvalue weighted by atomic mass is 32.2. The maximum Gasteiger partial charge on any atom is 0.0485 e. The molecule has 1 atom stereocenters. The summed E-state index contributed by atoms with van der Waals surface area (Å²) in [5, 5.41) is 0. The zero-order valence-corrected chi connectivity index (χ0v) is 10.1. The Morgan fingerprint density at radius 2 is 2.13 bits per heavy atom. The molecule has 3 heteroatoms. The van der Waals surface area contributed by atoms with Gasteiger partial charge in [0, 0.05) is 22.3 Å². The van der Waals surface area contributed by atoms with Crippen LogP contribution in [0.2, 0.25) is 0 Å². The summed E-state index contributed by atoms with van der Waals surface area (Å²) in [6.07, 6.45) is 1.94. The maximum absolute atomic E-state index is 11.7. The molecule has 0 amide bonds. The van der Waals surface area contributed by atoms with Gasteiger partial charge < -0.3 is 5.73 Å². The molecule has 2 N–H and O–H groups in total. The van der Waals surface area contributed by atoms with Gasteiger partial charge in [-0.15, -0.1) is 0 Å². The second kappa shape index (κ2) is 6.75. The normalized spacial score (nSPS) is 12.7. The van der Waals surface area contributed by atoms with Crippen molar-refractivity contribution in [3.63, 3.8) is 0 Å². The maximum atomic E-state index is 11.7. The van der Waals surface area contributed by atoms with Gasteiger partial charge in [-0.05, 0) is 31.9 Å². The summed E-state index contributed by atoms with van der Waals surface area (Å²) in [7, 11) is -0.736. The Labute approximate surface area is 94.3 Å². The second-order valence-corrected chi connectivity index (χ2v) is 5.35. The number of hydrogen-bond donors (Lipinski definition) is 1. The molecule has 15 heavy (non-hydrogen) atoms. The molecule has 0 spiro atoms. The highest BCUT2D eigenvalue weighted by Gasteiger charge is 2.01. The first-order valence-corrected chi connectivity index (χ1v) is 6.82. The number of unbranched alkanes of at least 4 members (excludes halogenated alkanes) is 1. The monoisotopic (exact) mass is 225 g/mol. The molecule has 0 saturated heterocycles. The zero-order chi connectivity index (χ0) is 11.1. The molecule has 0 heterocycles. The van der Waals surface area contributed by atoms with Crippen LogP contribution in [-0.4, -0.2) is 16.5 Å². The second-order valence-electron chi connectivity index (χ2n) is 3.77. The average Bonchev–Trinajstić information content (AvgIpc) is 2.18. The van der Waals surface area contributed by atoms with Crippen LogP contribution in [0.5, 0.6) is 0 Å². The van der Waals surface area contributed by atoms with Crippen LogP contribution >= 0.6 is 0 Å². The quantitative estimate of drug-likeness (QED) is 0.752. The van der Waals surface area contributed by atoms with Crippen molar-refractivity contribution in [1.82, 2.24) is 0 Å². The fourth-order valence-electron chi connectivity index (χ4n) is 1.47. The third kappa shape index (κ3) is 5.09. The molecule has 2 nitrogen and oxygen atoms in total. The van der Waals surface area contributed by atoms with Gasteiger partial charge in [0.1, 0.15) is 0 Å². The molecule has 0 aliphatic rings. The van der Waals surface area contributed by atoms with Crippen molar-refractivity contribution in [1.29, 1.82) is 0 Å². The van der Waals surface area contributed by atoms with Gasteiger partial charge in [0.15, 0.2) is 0 Å². The average molecular weight is 225 g/mol. The molecule has 0 aliphatic heterocycles. The number of benzene rings is 1. The minimum Gasteiger partial charge on any atom is -0.330 e. The summed E-state index contributed by atoms with van der Waals surface area (Å²) in [5.41, 5.74) is 7.78. The van der Waals surface area contributed by atoms with E-state index in [9.17, 15) is 4.21 Å². The van der Waals surface area contributed by atoms with Gasteiger partial charge in [0.05, 0.1) is 0 Å². The standard InChI is InChI=1S/C12H19NOS/c1-11-5-4-6-12(9-11)10-15(14)8-3-2-7-13/h4-6,9H,2-3,7-8,10,13H2,1H3. The van der Waals surface area contributed by atoms with Crippen molar-refractivity contribution >= 4 is 10.8 Å². The van der Waals surface area contributed by atoms with Gasteiger partial charge in [0.25, 0.3) is 0 Å². The molecular weight excluding hydrogens is 206 g/mol. The Bertz CT molecular complexity index is 325. The van der Waals surface area contributed by atoms with E-state index in [1.165, 1.54) is 11.1 Å². The van der Waals surface area contributed by atoms with E-state index in [0.717, 1.165) is 18.6 Å². The van der Waals surface area contributed by atoms with E-state index >= 15 is 0 Å². The Hall–Kier alpha value is -0.670. The molecular formula is C12H19NOS. The topological polar surface area (TPSA) is 43.1 Å². The summed E-state index contributed by atoms with van der Waals surface area (Å²) < 4.78 is 11.7. The molecule has 1 aromatic rings. The largest absolute Gasteiger partial charge is 0.330 e. The molecule has 1 aromatic carbocycles. The lowest BCUT2D eigenvalue weighted by atomic mass is 10.2. The molecule has 1 rings (SSSR count). The van der Waals surface area contributed by atoms with Crippen LogP contribution in [0, 0.1) is 6.92 Å². The molecule has 0 radical (unpaired) electrons. The summed E-state index contributed by atoms with van der Waals surface area (Å²) in [6, 6.07) is 8.21. The Balaban J connectivity index is 2.37. The third-order valence-electron chi connectivity index (χ3n) is 2.24. The van der Waals surface area contributed by atoms with E-state index in [4.69, 9.17) is 5.73 Å². The van der Waals surface area contributed by atoms with Crippen LogP contribution in [0.4, 0.5) is 0 Å². The molecule has 84 valence electrons. The summed E-state index contributed by atoms with van der Waals surface area (Å²) in [4.78, 5) is 0. The van der Waals surface area contributed by atoms with Gasteiger partial charge in [-0.3, -0.25) is 4.21 Å². The van der Waals surface area contributed by atoms with E-state index in [1.807, 2.05) is 12.1 Å². The lowest BCUT2D eigenvalue weighted by Gasteiger charge is -2.03. The molecule has 1 unspecified atom stereocenters. The predicted octanol–water partition coefficient (Wildman–Crippen LogP) is 1.98. The Kier molecular flexibility index (Phi) is 5.58. The van der Waals surface area contributed by atoms with E-state index in [1.54, 1.807) is 0 Å². The Morgan fingerprint density at radius 3 is 2.80 bits per heavy atom. The van der Waals surface area contributed by atoms with Crippen LogP contribution in [0.25, 0.3) is 0 Å². The van der Waals surface area contributed by atoms with Crippen molar-refractivity contribution in [3.05, 3.63) is 35.4 Å². The minimum atomic E-state index is -0.736. The van der Waals surface area contributed by atoms with Crippen molar-refractivity contribution < 1.29 is 4.21 Å². The first-order valence-electron chi connectivity index (χ1n) is 5.33. The highest BCUT2D eigenvalue weighted by Crippen LogP contribution is 2.07. The predicted molar refractivity (Wildman–Crippen MR) is 66.2 cm³/mol. The molecule has 0 aromatic heterocycles. The fraction of sp³-hybridized carbons (Fsp3) is 0.500. The van der Waals surface area contributed by atoms with Crippen LogP contribution in [0.3, 0.4) is 0 Å². The van der Waals surface area contributed by atoms with Gasteiger partial charge in [0.2, 0.25) is 0 Å². The smallest absolute Gasteiger partial charge is 0.0485 e. The number of nitrogens with two attached hydrogens (primary N) is 1. The number of aryl methyl sites for hydroxylation is 1. The third-order valence-corrected chi connectivity index (χ3v) is 3.64. The van der Waals surface area contributed by atoms with Crippen molar-refractivity contribution in [2.45, 2.75) is 25.5 Å².